The molecule has 2 fully saturated rings. The monoisotopic (exact) mass is 440 g/mol. The molecule has 0 atom stereocenters. The van der Waals surface area contributed by atoms with E-state index >= 15 is 0 Å². The third kappa shape index (κ3) is 18.6. The Morgan fingerprint density at radius 3 is 1.19 bits per heavy atom. The fourth-order valence-corrected chi connectivity index (χ4v) is 4.04. The van der Waals surface area contributed by atoms with E-state index in [-0.39, 0.29) is 30.4 Å². The molecule has 6 nitrogen and oxygen atoms in total. The van der Waals surface area contributed by atoms with Crippen molar-refractivity contribution in [1.29, 1.82) is 0 Å². The SMILES string of the molecule is O.O.O=C(O)CCCC1CCCCC1.O=C(O)CCCC1CCCCC1.[Zn]. The van der Waals surface area contributed by atoms with E-state index in [1.807, 2.05) is 0 Å². The van der Waals surface area contributed by atoms with Gasteiger partial charge in [-0.2, -0.15) is 0 Å². The quantitative estimate of drug-likeness (QED) is 0.549. The first-order chi connectivity index (χ1) is 11.6. The van der Waals surface area contributed by atoms with Gasteiger partial charge in [0.05, 0.1) is 0 Å². The van der Waals surface area contributed by atoms with Gasteiger partial charge in [0.2, 0.25) is 0 Å². The van der Waals surface area contributed by atoms with Crippen LogP contribution >= 0.6 is 0 Å². The summed E-state index contributed by atoms with van der Waals surface area (Å²) in [6, 6.07) is 0. The van der Waals surface area contributed by atoms with E-state index in [4.69, 9.17) is 10.2 Å². The van der Waals surface area contributed by atoms with Gasteiger partial charge in [-0.15, -0.1) is 0 Å². The number of hydrogen-bond donors (Lipinski definition) is 2. The van der Waals surface area contributed by atoms with Gasteiger partial charge in [0.25, 0.3) is 0 Å². The normalized spacial score (nSPS) is 17.2. The standard InChI is InChI=1S/2C10H18O2.2H2O.Zn/c2*11-10(12)8-4-7-9-5-2-1-3-6-9;;;/h2*9H,1-8H2,(H,11,12);2*1H2;. The summed E-state index contributed by atoms with van der Waals surface area (Å²) in [6.07, 6.45) is 18.3. The number of carbonyl (C=O) groups is 2. The van der Waals surface area contributed by atoms with Crippen molar-refractivity contribution in [2.24, 2.45) is 11.8 Å². The summed E-state index contributed by atoms with van der Waals surface area (Å²) in [7, 11) is 0. The molecule has 2 aliphatic rings. The molecule has 2 rings (SSSR count). The van der Waals surface area contributed by atoms with Crippen LogP contribution in [0.25, 0.3) is 0 Å². The maximum absolute atomic E-state index is 10.2. The van der Waals surface area contributed by atoms with E-state index in [2.05, 4.69) is 0 Å². The Hall–Kier alpha value is -0.517. The predicted molar refractivity (Wildman–Crippen MR) is 103 cm³/mol. The van der Waals surface area contributed by atoms with Crippen molar-refractivity contribution >= 4 is 11.9 Å². The second-order valence-electron chi connectivity index (χ2n) is 7.58. The smallest absolute Gasteiger partial charge is 0.303 e. The third-order valence-electron chi connectivity index (χ3n) is 5.46. The van der Waals surface area contributed by atoms with Crippen LogP contribution in [-0.4, -0.2) is 33.1 Å². The molecule has 0 unspecified atom stereocenters. The maximum Gasteiger partial charge on any atom is 0.303 e. The molecule has 0 aromatic carbocycles. The predicted octanol–water partition coefficient (Wildman–Crippen LogP) is 3.99. The Kier molecular flexibility index (Phi) is 23.4. The topological polar surface area (TPSA) is 138 Å². The Balaban J connectivity index is -0.000000384. The molecule has 6 N–H and O–H groups in total. The molecule has 0 bridgehead atoms. The van der Waals surface area contributed by atoms with E-state index in [0.29, 0.717) is 12.8 Å². The van der Waals surface area contributed by atoms with Gasteiger partial charge in [-0.3, -0.25) is 9.59 Å². The van der Waals surface area contributed by atoms with Crippen molar-refractivity contribution < 1.29 is 50.2 Å². The largest absolute Gasteiger partial charge is 0.481 e. The van der Waals surface area contributed by atoms with Gasteiger partial charge >= 0.3 is 11.9 Å². The van der Waals surface area contributed by atoms with Crippen LogP contribution in [0.3, 0.4) is 0 Å². The second-order valence-corrected chi connectivity index (χ2v) is 7.58. The van der Waals surface area contributed by atoms with Crippen LogP contribution in [0.4, 0.5) is 0 Å². The van der Waals surface area contributed by atoms with Gasteiger partial charge in [0, 0.05) is 32.3 Å². The average molecular weight is 442 g/mol. The van der Waals surface area contributed by atoms with Crippen molar-refractivity contribution in [3.8, 4) is 0 Å². The summed E-state index contributed by atoms with van der Waals surface area (Å²) in [5.41, 5.74) is 0. The zero-order chi connectivity index (χ0) is 17.6. The number of hydrogen-bond acceptors (Lipinski definition) is 2. The van der Waals surface area contributed by atoms with Gasteiger partial charge in [0.15, 0.2) is 0 Å². The number of rotatable bonds is 8. The van der Waals surface area contributed by atoms with Gasteiger partial charge < -0.3 is 21.2 Å². The minimum Gasteiger partial charge on any atom is -0.481 e. The van der Waals surface area contributed by atoms with Crippen molar-refractivity contribution in [2.45, 2.75) is 103 Å². The molecule has 0 radical (unpaired) electrons. The molecule has 2 aliphatic carbocycles. The Morgan fingerprint density at radius 1 is 0.630 bits per heavy atom. The zero-order valence-corrected chi connectivity index (χ0v) is 19.9. The molecule has 0 aliphatic heterocycles. The summed E-state index contributed by atoms with van der Waals surface area (Å²) in [5, 5.41) is 16.9. The third-order valence-corrected chi connectivity index (χ3v) is 5.46. The number of carboxylic acid groups (broad SMARTS) is 2. The Bertz CT molecular complexity index is 318. The van der Waals surface area contributed by atoms with Gasteiger partial charge in [-0.05, 0) is 37.5 Å². The molecule has 0 spiro atoms. The first kappa shape index (κ1) is 31.2. The minimum absolute atomic E-state index is 0. The van der Waals surface area contributed by atoms with E-state index in [1.165, 1.54) is 64.2 Å². The average Bonchev–Trinajstić information content (AvgIpc) is 2.57. The molecule has 158 valence electrons. The van der Waals surface area contributed by atoms with Crippen molar-refractivity contribution in [2.75, 3.05) is 0 Å². The van der Waals surface area contributed by atoms with E-state index in [0.717, 1.165) is 37.5 Å². The first-order valence-electron chi connectivity index (χ1n) is 10.0. The van der Waals surface area contributed by atoms with Crippen LogP contribution in [0.1, 0.15) is 103 Å². The fourth-order valence-electron chi connectivity index (χ4n) is 4.04. The van der Waals surface area contributed by atoms with Crippen molar-refractivity contribution in [3.63, 3.8) is 0 Å². The summed E-state index contributed by atoms with van der Waals surface area (Å²) < 4.78 is 0. The number of aliphatic carboxylic acids is 2. The van der Waals surface area contributed by atoms with Gasteiger partial charge in [0.1, 0.15) is 0 Å². The van der Waals surface area contributed by atoms with Crippen LogP contribution in [0, 0.1) is 11.8 Å². The molecule has 2 saturated carbocycles. The Morgan fingerprint density at radius 2 is 0.926 bits per heavy atom. The van der Waals surface area contributed by atoms with Crippen molar-refractivity contribution in [1.82, 2.24) is 0 Å². The number of carboxylic acids is 2. The molecule has 27 heavy (non-hydrogen) atoms. The van der Waals surface area contributed by atoms with Gasteiger partial charge in [-0.1, -0.05) is 64.2 Å². The Labute approximate surface area is 176 Å². The van der Waals surface area contributed by atoms with Crippen LogP contribution < -0.4 is 0 Å². The zero-order valence-electron chi connectivity index (χ0n) is 16.9. The van der Waals surface area contributed by atoms with Crippen molar-refractivity contribution in [3.05, 3.63) is 0 Å². The van der Waals surface area contributed by atoms with Crippen LogP contribution in [0.2, 0.25) is 0 Å². The molecular weight excluding hydrogens is 402 g/mol. The summed E-state index contributed by atoms with van der Waals surface area (Å²) in [5.74, 6) is 0.368. The first-order valence-corrected chi connectivity index (χ1v) is 10.0. The molecule has 0 aromatic heterocycles. The molecule has 0 aromatic rings. The summed E-state index contributed by atoms with van der Waals surface area (Å²) in [6.45, 7) is 0. The molecular formula is C20H40O6Zn. The molecule has 0 heterocycles. The van der Waals surface area contributed by atoms with E-state index < -0.39 is 11.9 Å². The molecule has 0 amide bonds. The molecule has 0 saturated heterocycles. The summed E-state index contributed by atoms with van der Waals surface area (Å²) >= 11 is 0. The maximum atomic E-state index is 10.2. The van der Waals surface area contributed by atoms with Crippen LogP contribution in [0.5, 0.6) is 0 Å². The fraction of sp³-hybridized carbons (Fsp3) is 0.900. The molecule has 7 heteroatoms. The van der Waals surface area contributed by atoms with E-state index in [9.17, 15) is 9.59 Å². The van der Waals surface area contributed by atoms with Crippen LogP contribution in [0.15, 0.2) is 0 Å². The summed E-state index contributed by atoms with van der Waals surface area (Å²) in [4.78, 5) is 20.5. The van der Waals surface area contributed by atoms with E-state index in [1.54, 1.807) is 0 Å². The van der Waals surface area contributed by atoms with Crippen LogP contribution in [-0.2, 0) is 29.1 Å². The minimum atomic E-state index is -0.647. The van der Waals surface area contributed by atoms with Gasteiger partial charge in [-0.25, -0.2) is 0 Å². The second kappa shape index (κ2) is 20.2.